The van der Waals surface area contributed by atoms with Gasteiger partial charge < -0.3 is 4.74 Å². The molecule has 4 aromatic heterocycles. The lowest BCUT2D eigenvalue weighted by Crippen LogP contribution is -2.18. The van der Waals surface area contributed by atoms with Crippen LogP contribution < -0.4 is 5.32 Å². The van der Waals surface area contributed by atoms with Gasteiger partial charge in [-0.2, -0.15) is 10.3 Å². The number of benzene rings is 1. The van der Waals surface area contributed by atoms with Crippen molar-refractivity contribution in [1.82, 2.24) is 30.4 Å². The van der Waals surface area contributed by atoms with E-state index in [0.29, 0.717) is 11.4 Å². The third-order valence-electron chi connectivity index (χ3n) is 6.23. The van der Waals surface area contributed by atoms with Gasteiger partial charge in [-0.05, 0) is 37.5 Å². The molecule has 1 amide bonds. The third-order valence-corrected chi connectivity index (χ3v) is 8.65. The van der Waals surface area contributed by atoms with Crippen LogP contribution in [0.4, 0.5) is 10.6 Å². The highest BCUT2D eigenvalue weighted by Gasteiger charge is 2.51. The molecule has 0 spiro atoms. The molecule has 0 unspecified atom stereocenters. The van der Waals surface area contributed by atoms with Crippen LogP contribution in [0, 0.1) is 11.8 Å². The molecule has 2 N–H and O–H groups in total. The van der Waals surface area contributed by atoms with Crippen molar-refractivity contribution in [2.45, 2.75) is 31.3 Å². The van der Waals surface area contributed by atoms with E-state index in [0.717, 1.165) is 29.1 Å². The lowest BCUT2D eigenvalue weighted by atomic mass is 10.1. The largest absolute Gasteiger partial charge is 0.441 e. The fourth-order valence-electron chi connectivity index (χ4n) is 4.09. The summed E-state index contributed by atoms with van der Waals surface area (Å²) >= 11 is 3.40. The number of nitrogens with zero attached hydrogens (tertiary/aromatic N) is 5. The molecule has 5 aromatic rings. The van der Waals surface area contributed by atoms with Crippen LogP contribution in [0.2, 0.25) is 0 Å². The first-order valence-electron chi connectivity index (χ1n) is 11.4. The summed E-state index contributed by atoms with van der Waals surface area (Å²) in [5, 5.41) is 21.8. The normalized spacial score (nSPS) is 14.7. The number of tetrazole rings is 1. The number of aromatic nitrogens is 6. The maximum absolute atomic E-state index is 12.5. The molecule has 1 fully saturated rings. The van der Waals surface area contributed by atoms with Crippen molar-refractivity contribution < 1.29 is 9.53 Å². The van der Waals surface area contributed by atoms with Crippen LogP contribution in [0.3, 0.4) is 0 Å². The number of anilines is 1. The Morgan fingerprint density at radius 3 is 2.72 bits per heavy atom. The van der Waals surface area contributed by atoms with Crippen LogP contribution in [0.15, 0.2) is 48.7 Å². The molecule has 0 radical (unpaired) electrons. The van der Waals surface area contributed by atoms with Gasteiger partial charge in [0.1, 0.15) is 11.9 Å². The highest BCUT2D eigenvalue weighted by atomic mass is 32.1. The standard InChI is InChI=1S/C25H21N7O2S2/c1-15(16-6-4-3-5-7-16)34-24(33)27-22-17(14-26-32(22)2)8-9-18-12-19-20(35-18)13-21(36-19)25(10-11-25)23-28-30-31-29-23/h3-7,12-15H,10-11H2,1-2H3,(H,27,33)(H,28,29,30,31)/t15-/m1/s1. The summed E-state index contributed by atoms with van der Waals surface area (Å²) in [7, 11) is 1.75. The topological polar surface area (TPSA) is 111 Å². The lowest BCUT2D eigenvalue weighted by molar-refractivity contribution is 0.121. The molecule has 36 heavy (non-hydrogen) atoms. The van der Waals surface area contributed by atoms with Crippen LogP contribution in [-0.2, 0) is 17.2 Å². The number of aryl methyl sites for hydroxylation is 1. The molecule has 0 saturated heterocycles. The number of hydrogen-bond donors (Lipinski definition) is 2. The summed E-state index contributed by atoms with van der Waals surface area (Å²) < 4.78 is 9.49. The molecular weight excluding hydrogens is 494 g/mol. The number of hydrogen-bond acceptors (Lipinski definition) is 8. The summed E-state index contributed by atoms with van der Waals surface area (Å²) in [5.74, 6) is 7.63. The third kappa shape index (κ3) is 4.14. The second kappa shape index (κ2) is 8.89. The molecule has 11 heteroatoms. The van der Waals surface area contributed by atoms with E-state index in [1.807, 2.05) is 37.3 Å². The van der Waals surface area contributed by atoms with E-state index < -0.39 is 6.09 Å². The predicted octanol–water partition coefficient (Wildman–Crippen LogP) is 5.00. The van der Waals surface area contributed by atoms with Crippen LogP contribution >= 0.6 is 22.7 Å². The zero-order valence-corrected chi connectivity index (χ0v) is 21.1. The molecule has 1 saturated carbocycles. The average molecular weight is 516 g/mol. The van der Waals surface area contributed by atoms with Crippen molar-refractivity contribution in [2.24, 2.45) is 7.05 Å². The van der Waals surface area contributed by atoms with Gasteiger partial charge in [0, 0.05) is 21.3 Å². The Morgan fingerprint density at radius 2 is 2.00 bits per heavy atom. The molecule has 9 nitrogen and oxygen atoms in total. The van der Waals surface area contributed by atoms with Gasteiger partial charge in [0.25, 0.3) is 0 Å². The number of rotatable bonds is 5. The maximum atomic E-state index is 12.5. The quantitative estimate of drug-likeness (QED) is 0.319. The van der Waals surface area contributed by atoms with Crippen LogP contribution in [0.5, 0.6) is 0 Å². The van der Waals surface area contributed by atoms with E-state index in [9.17, 15) is 4.79 Å². The average Bonchev–Trinajstić information content (AvgIpc) is 3.26. The van der Waals surface area contributed by atoms with Gasteiger partial charge >= 0.3 is 6.09 Å². The molecule has 1 aliphatic rings. The number of amides is 1. The molecule has 0 bridgehead atoms. The Morgan fingerprint density at radius 1 is 1.19 bits per heavy atom. The van der Waals surface area contributed by atoms with Gasteiger partial charge in [0.2, 0.25) is 0 Å². The van der Waals surface area contributed by atoms with Crippen molar-refractivity contribution in [3.8, 4) is 11.8 Å². The van der Waals surface area contributed by atoms with Crippen molar-refractivity contribution in [1.29, 1.82) is 0 Å². The Labute approximate surface area is 214 Å². The predicted molar refractivity (Wildman–Crippen MR) is 138 cm³/mol. The van der Waals surface area contributed by atoms with E-state index in [4.69, 9.17) is 4.74 Å². The van der Waals surface area contributed by atoms with Gasteiger partial charge in [-0.15, -0.1) is 32.9 Å². The van der Waals surface area contributed by atoms with E-state index in [-0.39, 0.29) is 11.5 Å². The number of H-pyrrole nitrogens is 1. The summed E-state index contributed by atoms with van der Waals surface area (Å²) in [4.78, 5) is 14.7. The Bertz CT molecular complexity index is 1570. The van der Waals surface area contributed by atoms with Crippen molar-refractivity contribution in [2.75, 3.05) is 5.32 Å². The Hall–Kier alpha value is -4.01. The molecule has 1 aliphatic carbocycles. The number of nitrogens with one attached hydrogen (secondary N) is 2. The summed E-state index contributed by atoms with van der Waals surface area (Å²) in [6.45, 7) is 1.83. The maximum Gasteiger partial charge on any atom is 0.413 e. The zero-order chi connectivity index (χ0) is 24.7. The fourth-order valence-corrected chi connectivity index (χ4v) is 6.58. The van der Waals surface area contributed by atoms with E-state index in [2.05, 4.69) is 55.0 Å². The number of ether oxygens (including phenoxy) is 1. The molecule has 180 valence electrons. The number of carbonyl (C=O) groups is 1. The van der Waals surface area contributed by atoms with Gasteiger partial charge in [0.05, 0.1) is 22.1 Å². The summed E-state index contributed by atoms with van der Waals surface area (Å²) in [6, 6.07) is 13.9. The molecule has 4 heterocycles. The summed E-state index contributed by atoms with van der Waals surface area (Å²) in [5.41, 5.74) is 1.45. The SMILES string of the molecule is C[C@@H](OC(=O)Nc1c(C#Cc2cc3sc(C4(c5nn[nH]n5)CC4)cc3s2)cnn1C)c1ccccc1. The molecule has 0 aliphatic heterocycles. The number of aromatic amines is 1. The minimum Gasteiger partial charge on any atom is -0.441 e. The van der Waals surface area contributed by atoms with Gasteiger partial charge in [0.15, 0.2) is 5.82 Å². The number of carbonyl (C=O) groups excluding carboxylic acids is 1. The van der Waals surface area contributed by atoms with E-state index in [1.54, 1.807) is 40.6 Å². The minimum absolute atomic E-state index is 0.0921. The summed E-state index contributed by atoms with van der Waals surface area (Å²) in [6.07, 6.45) is 2.77. The first-order chi connectivity index (χ1) is 17.5. The first-order valence-corrected chi connectivity index (χ1v) is 13.0. The van der Waals surface area contributed by atoms with Crippen LogP contribution in [-0.4, -0.2) is 36.5 Å². The van der Waals surface area contributed by atoms with E-state index >= 15 is 0 Å². The Kier molecular flexibility index (Phi) is 5.55. The van der Waals surface area contributed by atoms with Crippen LogP contribution in [0.25, 0.3) is 9.40 Å². The van der Waals surface area contributed by atoms with Crippen LogP contribution in [0.1, 0.15) is 52.6 Å². The van der Waals surface area contributed by atoms with Gasteiger partial charge in [-0.25, -0.2) is 4.79 Å². The molecule has 1 atom stereocenters. The Balaban J connectivity index is 1.17. The van der Waals surface area contributed by atoms with Crippen molar-refractivity contribution >= 4 is 44.0 Å². The van der Waals surface area contributed by atoms with Crippen molar-refractivity contribution in [3.05, 3.63) is 75.4 Å². The first kappa shape index (κ1) is 22.5. The van der Waals surface area contributed by atoms with Gasteiger partial charge in [-0.3, -0.25) is 10.00 Å². The molecular formula is C25H21N7O2S2. The van der Waals surface area contributed by atoms with Crippen molar-refractivity contribution in [3.63, 3.8) is 0 Å². The molecule has 6 rings (SSSR count). The minimum atomic E-state index is -0.558. The number of thiophene rings is 2. The lowest BCUT2D eigenvalue weighted by Gasteiger charge is -2.14. The highest BCUT2D eigenvalue weighted by molar-refractivity contribution is 7.28. The smallest absolute Gasteiger partial charge is 0.413 e. The second-order valence-corrected chi connectivity index (χ2v) is 10.8. The van der Waals surface area contributed by atoms with E-state index in [1.165, 1.54) is 14.3 Å². The monoisotopic (exact) mass is 515 g/mol. The zero-order valence-electron chi connectivity index (χ0n) is 19.5. The fraction of sp³-hybridized carbons (Fsp3) is 0.240. The van der Waals surface area contributed by atoms with Gasteiger partial charge in [-0.1, -0.05) is 47.4 Å². The highest BCUT2D eigenvalue weighted by Crippen LogP contribution is 2.55. The second-order valence-electron chi connectivity index (χ2n) is 8.63. The molecule has 1 aromatic carbocycles. The number of fused-ring (bicyclic) bond motifs is 1.